The number of rotatable bonds is 8. The van der Waals surface area contributed by atoms with Crippen molar-refractivity contribution in [3.8, 4) is 17.0 Å². The molecular weight excluding hydrogens is 337 g/mol. The van der Waals surface area contributed by atoms with Gasteiger partial charge in [-0.1, -0.05) is 6.07 Å². The maximum Gasteiger partial charge on any atom is 0.244 e. The van der Waals surface area contributed by atoms with Gasteiger partial charge in [0.05, 0.1) is 19.5 Å². The summed E-state index contributed by atoms with van der Waals surface area (Å²) >= 11 is 0. The lowest BCUT2D eigenvalue weighted by Crippen LogP contribution is -2.04. The summed E-state index contributed by atoms with van der Waals surface area (Å²) in [6, 6.07) is 7.42. The van der Waals surface area contributed by atoms with E-state index in [1.807, 2.05) is 24.4 Å². The summed E-state index contributed by atoms with van der Waals surface area (Å²) in [6.45, 7) is 0.0729. The Labute approximate surface area is 149 Å². The predicted octanol–water partition coefficient (Wildman–Crippen LogP) is 3.88. The number of nitrogens with zero attached hydrogens (tertiary/aromatic N) is 4. The molecule has 0 aliphatic heterocycles. The Balaban J connectivity index is 2.08. The van der Waals surface area contributed by atoms with E-state index < -0.39 is 6.67 Å². The number of hydrogen-bond acceptors (Lipinski definition) is 7. The van der Waals surface area contributed by atoms with E-state index in [0.29, 0.717) is 36.2 Å². The lowest BCUT2D eigenvalue weighted by molar-refractivity contribution is 0.400. The van der Waals surface area contributed by atoms with Crippen LogP contribution in [0.3, 0.4) is 0 Å². The van der Waals surface area contributed by atoms with Gasteiger partial charge in [0.1, 0.15) is 11.2 Å². The average molecular weight is 357 g/mol. The molecule has 0 unspecified atom stereocenters. The minimum absolute atomic E-state index is 0.394. The Morgan fingerprint density at radius 2 is 2.19 bits per heavy atom. The Hall–Kier alpha value is -3.23. The van der Waals surface area contributed by atoms with Gasteiger partial charge >= 0.3 is 0 Å². The minimum atomic E-state index is -0.396. The van der Waals surface area contributed by atoms with E-state index in [1.54, 1.807) is 24.7 Å². The fraction of sp³-hybridized carbons (Fsp3) is 0.294. The molecule has 0 radical (unpaired) electrons. The number of fused-ring (bicyclic) bond motifs is 1. The van der Waals surface area contributed by atoms with Crippen molar-refractivity contribution in [2.75, 3.05) is 38.0 Å². The third kappa shape index (κ3) is 3.28. The van der Waals surface area contributed by atoms with E-state index in [0.717, 1.165) is 16.6 Å². The van der Waals surface area contributed by atoms with Gasteiger partial charge in [-0.05, 0) is 30.2 Å². The third-order valence-corrected chi connectivity index (χ3v) is 3.95. The summed E-state index contributed by atoms with van der Waals surface area (Å²) in [5, 5.41) is 13.9. The Kier molecular flexibility index (Phi) is 5.26. The van der Waals surface area contributed by atoms with Gasteiger partial charge in [0.2, 0.25) is 11.8 Å². The number of halogens is 1. The summed E-state index contributed by atoms with van der Waals surface area (Å²) in [5.41, 5.74) is 11.0. The molecule has 2 aromatic heterocycles. The fourth-order valence-electron chi connectivity index (χ4n) is 2.71. The van der Waals surface area contributed by atoms with Crippen LogP contribution in [0.5, 0.6) is 5.88 Å². The van der Waals surface area contributed by atoms with Gasteiger partial charge in [-0.2, -0.15) is 10.1 Å². The highest BCUT2D eigenvalue weighted by atomic mass is 19.1. The second-order valence-electron chi connectivity index (χ2n) is 5.53. The summed E-state index contributed by atoms with van der Waals surface area (Å²) in [7, 11) is 3.30. The van der Waals surface area contributed by atoms with Crippen LogP contribution in [0, 0.1) is 5.53 Å². The molecule has 0 spiro atoms. The van der Waals surface area contributed by atoms with Crippen molar-refractivity contribution in [3.63, 3.8) is 0 Å². The average Bonchev–Trinajstić information content (AvgIpc) is 3.11. The van der Waals surface area contributed by atoms with Crippen LogP contribution in [0.4, 0.5) is 21.7 Å². The zero-order valence-electron chi connectivity index (χ0n) is 14.6. The van der Waals surface area contributed by atoms with E-state index in [2.05, 4.69) is 25.8 Å². The van der Waals surface area contributed by atoms with E-state index in [-0.39, 0.29) is 0 Å². The normalized spacial score (nSPS) is 10.7. The summed E-state index contributed by atoms with van der Waals surface area (Å²) < 4.78 is 19.5. The van der Waals surface area contributed by atoms with Gasteiger partial charge in [-0.25, -0.2) is 10.0 Å². The smallest absolute Gasteiger partial charge is 0.244 e. The van der Waals surface area contributed by atoms with E-state index in [4.69, 9.17) is 10.3 Å². The number of hydrogen-bond donors (Lipinski definition) is 3. The number of alkyl halides is 1. The molecule has 2 heterocycles. The molecule has 3 aromatic rings. The van der Waals surface area contributed by atoms with E-state index in [1.165, 1.54) is 0 Å². The van der Waals surface area contributed by atoms with E-state index in [9.17, 15) is 4.39 Å². The Bertz CT molecular complexity index is 925. The van der Waals surface area contributed by atoms with Gasteiger partial charge in [-0.3, -0.25) is 4.39 Å². The van der Waals surface area contributed by atoms with Crippen LogP contribution in [-0.2, 0) is 0 Å². The Morgan fingerprint density at radius 3 is 2.88 bits per heavy atom. The summed E-state index contributed by atoms with van der Waals surface area (Å²) in [4.78, 5) is 4.34. The van der Waals surface area contributed by atoms with Gasteiger partial charge < -0.3 is 15.4 Å². The van der Waals surface area contributed by atoms with Crippen LogP contribution in [-0.4, -0.2) is 42.0 Å². The number of aromatic nitrogens is 3. The highest BCUT2D eigenvalue weighted by molar-refractivity contribution is 5.87. The van der Waals surface area contributed by atoms with Crippen LogP contribution < -0.4 is 15.4 Å². The second-order valence-corrected chi connectivity index (χ2v) is 5.53. The van der Waals surface area contributed by atoms with Crippen LogP contribution in [0.2, 0.25) is 0 Å². The van der Waals surface area contributed by atoms with Gasteiger partial charge in [0, 0.05) is 25.4 Å². The van der Waals surface area contributed by atoms with Crippen molar-refractivity contribution in [2.24, 2.45) is 5.11 Å². The standard InChI is InChI=1S/C17H20FN7O/c1-20-17-22-16(26-2)15-12(6-9-25(15)24-17)11-4-5-13(23-19)14(10-11)21-8-3-7-18/h4-6,9-10,19,21H,3,7-8H2,1-2H3,(H,20,24). The first kappa shape index (κ1) is 17.6. The van der Waals surface area contributed by atoms with Crippen molar-refractivity contribution in [2.45, 2.75) is 6.42 Å². The predicted molar refractivity (Wildman–Crippen MR) is 98.4 cm³/mol. The maximum absolute atomic E-state index is 12.4. The number of nitrogens with one attached hydrogen (secondary N) is 3. The lowest BCUT2D eigenvalue weighted by Gasteiger charge is -2.11. The molecule has 0 saturated heterocycles. The van der Waals surface area contributed by atoms with Crippen LogP contribution >= 0.6 is 0 Å². The molecule has 0 bridgehead atoms. The zero-order valence-corrected chi connectivity index (χ0v) is 14.6. The molecule has 9 heteroatoms. The SMILES string of the molecule is CNc1nc(OC)c2c(-c3ccc(N=N)c(NCCCF)c3)ccn2n1. The first-order chi connectivity index (χ1) is 12.7. The van der Waals surface area contributed by atoms with Crippen molar-refractivity contribution >= 4 is 22.8 Å². The molecule has 3 N–H and O–H groups in total. The first-order valence-corrected chi connectivity index (χ1v) is 8.14. The fourth-order valence-corrected chi connectivity index (χ4v) is 2.71. The van der Waals surface area contributed by atoms with Crippen LogP contribution in [0.25, 0.3) is 16.6 Å². The van der Waals surface area contributed by atoms with Gasteiger partial charge in [-0.15, -0.1) is 5.10 Å². The van der Waals surface area contributed by atoms with Crippen molar-refractivity contribution in [1.29, 1.82) is 5.53 Å². The van der Waals surface area contributed by atoms with E-state index >= 15 is 0 Å². The molecule has 0 fully saturated rings. The largest absolute Gasteiger partial charge is 0.479 e. The molecule has 0 aliphatic rings. The van der Waals surface area contributed by atoms with Crippen molar-refractivity contribution < 1.29 is 9.13 Å². The number of methoxy groups -OCH3 is 1. The molecule has 26 heavy (non-hydrogen) atoms. The second kappa shape index (κ2) is 7.77. The molecular formula is C17H20FN7O. The van der Waals surface area contributed by atoms with Crippen molar-refractivity contribution in [3.05, 3.63) is 30.5 Å². The third-order valence-electron chi connectivity index (χ3n) is 3.95. The molecule has 1 aromatic carbocycles. The summed E-state index contributed by atoms with van der Waals surface area (Å²) in [6.07, 6.45) is 2.22. The number of anilines is 2. The Morgan fingerprint density at radius 1 is 1.35 bits per heavy atom. The molecule has 8 nitrogen and oxygen atoms in total. The maximum atomic E-state index is 12.4. The van der Waals surface area contributed by atoms with Crippen LogP contribution in [0.1, 0.15) is 6.42 Å². The topological polar surface area (TPSA) is 99.7 Å². The number of benzene rings is 1. The zero-order chi connectivity index (χ0) is 18.5. The highest BCUT2D eigenvalue weighted by Gasteiger charge is 2.15. The molecule has 0 atom stereocenters. The highest BCUT2D eigenvalue weighted by Crippen LogP contribution is 2.35. The molecule has 3 rings (SSSR count). The molecule has 0 amide bonds. The lowest BCUT2D eigenvalue weighted by atomic mass is 10.1. The van der Waals surface area contributed by atoms with Gasteiger partial charge in [0.15, 0.2) is 0 Å². The van der Waals surface area contributed by atoms with Crippen LogP contribution in [0.15, 0.2) is 35.6 Å². The monoisotopic (exact) mass is 357 g/mol. The van der Waals surface area contributed by atoms with Crippen molar-refractivity contribution in [1.82, 2.24) is 14.6 Å². The summed E-state index contributed by atoms with van der Waals surface area (Å²) in [5.74, 6) is 0.902. The quantitative estimate of drug-likeness (QED) is 0.420. The number of ether oxygens (including phenoxy) is 1. The van der Waals surface area contributed by atoms with Gasteiger partial charge in [0.25, 0.3) is 0 Å². The molecule has 0 saturated carbocycles. The first-order valence-electron chi connectivity index (χ1n) is 8.14. The molecule has 0 aliphatic carbocycles. The minimum Gasteiger partial charge on any atom is -0.479 e. The molecule has 136 valence electrons.